The van der Waals surface area contributed by atoms with Crippen molar-refractivity contribution in [3.05, 3.63) is 12.2 Å². The van der Waals surface area contributed by atoms with Crippen molar-refractivity contribution >= 4 is 0 Å². The van der Waals surface area contributed by atoms with Crippen LogP contribution in [0.25, 0.3) is 0 Å². The number of allylic oxidation sites excluding steroid dienone is 1. The van der Waals surface area contributed by atoms with Crippen LogP contribution in [-0.2, 0) is 0 Å². The van der Waals surface area contributed by atoms with E-state index in [-0.39, 0.29) is 0 Å². The Morgan fingerprint density at radius 1 is 1.46 bits per heavy atom. The molecule has 2 heterocycles. The van der Waals surface area contributed by atoms with Crippen molar-refractivity contribution in [1.82, 2.24) is 10.2 Å². The van der Waals surface area contributed by atoms with Gasteiger partial charge in [-0.25, -0.2) is 0 Å². The Kier molecular flexibility index (Phi) is 3.01. The summed E-state index contributed by atoms with van der Waals surface area (Å²) in [5.74, 6) is 0.930. The summed E-state index contributed by atoms with van der Waals surface area (Å²) in [5, 5.41) is 3.50. The van der Waals surface area contributed by atoms with Gasteiger partial charge in [0.2, 0.25) is 0 Å². The van der Waals surface area contributed by atoms with E-state index < -0.39 is 0 Å². The number of nitrogens with zero attached hydrogens (tertiary/aromatic N) is 1. The van der Waals surface area contributed by atoms with E-state index in [4.69, 9.17) is 0 Å². The third-order valence-electron chi connectivity index (χ3n) is 3.37. The molecule has 0 amide bonds. The number of hydrogen-bond acceptors (Lipinski definition) is 2. The maximum atomic E-state index is 3.50. The van der Waals surface area contributed by atoms with E-state index in [1.54, 1.807) is 0 Å². The number of fused-ring (bicyclic) bond motifs is 1. The van der Waals surface area contributed by atoms with E-state index in [0.717, 1.165) is 18.5 Å². The van der Waals surface area contributed by atoms with Gasteiger partial charge in [-0.1, -0.05) is 12.2 Å². The number of rotatable bonds is 2. The van der Waals surface area contributed by atoms with Gasteiger partial charge in [0.25, 0.3) is 0 Å². The minimum Gasteiger partial charge on any atom is -0.315 e. The highest BCUT2D eigenvalue weighted by atomic mass is 15.2. The molecule has 0 aliphatic carbocycles. The molecule has 2 aliphatic heterocycles. The Bertz CT molecular complexity index is 189. The summed E-state index contributed by atoms with van der Waals surface area (Å²) in [6, 6.07) is 0.824. The van der Waals surface area contributed by atoms with Crippen molar-refractivity contribution in [1.29, 1.82) is 0 Å². The molecule has 0 aromatic rings. The van der Waals surface area contributed by atoms with Gasteiger partial charge in [-0.05, 0) is 38.8 Å². The van der Waals surface area contributed by atoms with Gasteiger partial charge in [0.15, 0.2) is 0 Å². The van der Waals surface area contributed by atoms with Gasteiger partial charge in [0, 0.05) is 19.1 Å². The third kappa shape index (κ3) is 1.94. The quantitative estimate of drug-likeness (QED) is 0.643. The lowest BCUT2D eigenvalue weighted by molar-refractivity contribution is 0.140. The van der Waals surface area contributed by atoms with E-state index in [1.165, 1.54) is 32.5 Å². The van der Waals surface area contributed by atoms with Crippen LogP contribution in [0.3, 0.4) is 0 Å². The summed E-state index contributed by atoms with van der Waals surface area (Å²) in [5.41, 5.74) is 0. The van der Waals surface area contributed by atoms with Gasteiger partial charge in [-0.3, -0.25) is 4.90 Å². The first-order valence-electron chi connectivity index (χ1n) is 5.47. The van der Waals surface area contributed by atoms with Crippen LogP contribution in [0.2, 0.25) is 0 Å². The van der Waals surface area contributed by atoms with E-state index in [0.29, 0.717) is 0 Å². The van der Waals surface area contributed by atoms with Crippen molar-refractivity contribution in [2.24, 2.45) is 5.92 Å². The first-order chi connectivity index (χ1) is 6.42. The van der Waals surface area contributed by atoms with Gasteiger partial charge < -0.3 is 5.32 Å². The zero-order valence-corrected chi connectivity index (χ0v) is 8.50. The zero-order valence-electron chi connectivity index (χ0n) is 8.50. The summed E-state index contributed by atoms with van der Waals surface area (Å²) in [7, 11) is 0. The Morgan fingerprint density at radius 2 is 2.38 bits per heavy atom. The molecule has 2 saturated heterocycles. The average Bonchev–Trinajstić information content (AvgIpc) is 2.62. The first kappa shape index (κ1) is 9.22. The van der Waals surface area contributed by atoms with Crippen molar-refractivity contribution in [3.63, 3.8) is 0 Å². The second kappa shape index (κ2) is 4.25. The maximum absolute atomic E-state index is 3.50. The molecule has 0 radical (unpaired) electrons. The Hall–Kier alpha value is -0.340. The van der Waals surface area contributed by atoms with Crippen LogP contribution in [0, 0.1) is 5.92 Å². The number of nitrogens with one attached hydrogen (secondary N) is 1. The van der Waals surface area contributed by atoms with E-state index in [9.17, 15) is 0 Å². The minimum absolute atomic E-state index is 0.824. The molecule has 2 rings (SSSR count). The molecule has 2 nitrogen and oxygen atoms in total. The highest BCUT2D eigenvalue weighted by Crippen LogP contribution is 2.25. The Labute approximate surface area is 81.0 Å². The van der Waals surface area contributed by atoms with Crippen LogP contribution in [0.1, 0.15) is 19.8 Å². The molecule has 2 aliphatic rings. The predicted molar refractivity (Wildman–Crippen MR) is 55.8 cm³/mol. The fraction of sp³-hybridized carbons (Fsp3) is 0.818. The van der Waals surface area contributed by atoms with Crippen LogP contribution in [0.4, 0.5) is 0 Å². The SMILES string of the molecule is C/C=C/CN1CCCC2CNCC21. The van der Waals surface area contributed by atoms with Crippen molar-refractivity contribution in [2.75, 3.05) is 26.2 Å². The van der Waals surface area contributed by atoms with E-state index >= 15 is 0 Å². The molecule has 0 aromatic heterocycles. The van der Waals surface area contributed by atoms with Gasteiger partial charge in [-0.2, -0.15) is 0 Å². The lowest BCUT2D eigenvalue weighted by atomic mass is 9.92. The maximum Gasteiger partial charge on any atom is 0.0264 e. The lowest BCUT2D eigenvalue weighted by Gasteiger charge is -2.36. The van der Waals surface area contributed by atoms with Crippen LogP contribution < -0.4 is 5.32 Å². The summed E-state index contributed by atoms with van der Waals surface area (Å²) in [4.78, 5) is 2.63. The third-order valence-corrected chi connectivity index (χ3v) is 3.37. The largest absolute Gasteiger partial charge is 0.315 e. The molecule has 13 heavy (non-hydrogen) atoms. The van der Waals surface area contributed by atoms with Crippen molar-refractivity contribution in [2.45, 2.75) is 25.8 Å². The fourth-order valence-corrected chi connectivity index (χ4v) is 2.63. The highest BCUT2D eigenvalue weighted by molar-refractivity contribution is 4.94. The normalized spacial score (nSPS) is 35.5. The van der Waals surface area contributed by atoms with Crippen LogP contribution in [0.5, 0.6) is 0 Å². The number of likely N-dealkylation sites (tertiary alicyclic amines) is 1. The molecular weight excluding hydrogens is 160 g/mol. The molecule has 0 bridgehead atoms. The van der Waals surface area contributed by atoms with Gasteiger partial charge in [-0.15, -0.1) is 0 Å². The number of piperidine rings is 1. The summed E-state index contributed by atoms with van der Waals surface area (Å²) in [6.07, 6.45) is 7.26. The highest BCUT2D eigenvalue weighted by Gasteiger charge is 2.33. The molecule has 74 valence electrons. The molecular formula is C11H20N2. The molecule has 0 aromatic carbocycles. The van der Waals surface area contributed by atoms with Crippen molar-refractivity contribution < 1.29 is 0 Å². The van der Waals surface area contributed by atoms with Crippen LogP contribution in [-0.4, -0.2) is 37.1 Å². The predicted octanol–water partition coefficient (Wildman–Crippen LogP) is 1.25. The average molecular weight is 180 g/mol. The molecule has 2 fully saturated rings. The summed E-state index contributed by atoms with van der Waals surface area (Å²) in [6.45, 7) is 7.01. The molecule has 1 N–H and O–H groups in total. The topological polar surface area (TPSA) is 15.3 Å². The smallest absolute Gasteiger partial charge is 0.0264 e. The summed E-state index contributed by atoms with van der Waals surface area (Å²) < 4.78 is 0. The van der Waals surface area contributed by atoms with Gasteiger partial charge in [0.05, 0.1) is 0 Å². The fourth-order valence-electron chi connectivity index (χ4n) is 2.63. The van der Waals surface area contributed by atoms with Crippen LogP contribution >= 0.6 is 0 Å². The van der Waals surface area contributed by atoms with Gasteiger partial charge in [0.1, 0.15) is 0 Å². The monoisotopic (exact) mass is 180 g/mol. The molecule has 0 spiro atoms. The summed E-state index contributed by atoms with van der Waals surface area (Å²) >= 11 is 0. The molecule has 2 heteroatoms. The van der Waals surface area contributed by atoms with Crippen molar-refractivity contribution in [3.8, 4) is 0 Å². The minimum atomic E-state index is 0.824. The van der Waals surface area contributed by atoms with E-state index in [1.807, 2.05) is 0 Å². The van der Waals surface area contributed by atoms with Gasteiger partial charge >= 0.3 is 0 Å². The zero-order chi connectivity index (χ0) is 9.10. The lowest BCUT2D eigenvalue weighted by Crippen LogP contribution is -2.44. The number of hydrogen-bond donors (Lipinski definition) is 1. The Morgan fingerprint density at radius 3 is 3.23 bits per heavy atom. The second-order valence-corrected chi connectivity index (χ2v) is 4.19. The first-order valence-corrected chi connectivity index (χ1v) is 5.47. The molecule has 2 atom stereocenters. The molecule has 0 saturated carbocycles. The molecule has 2 unspecified atom stereocenters. The standard InChI is InChI=1S/C11H20N2/c1-2-3-6-13-7-4-5-10-8-12-9-11(10)13/h2-3,10-12H,4-9H2,1H3/b3-2+. The second-order valence-electron chi connectivity index (χ2n) is 4.19. The van der Waals surface area contributed by atoms with Crippen LogP contribution in [0.15, 0.2) is 12.2 Å². The van der Waals surface area contributed by atoms with E-state index in [2.05, 4.69) is 29.3 Å². The Balaban J connectivity index is 1.93.